The molecule has 0 radical (unpaired) electrons. The summed E-state index contributed by atoms with van der Waals surface area (Å²) in [4.78, 5) is 22.0. The molecule has 0 bridgehead atoms. The van der Waals surface area contributed by atoms with E-state index in [0.717, 1.165) is 6.26 Å². The number of nitrogens with one attached hydrogen (secondary N) is 3. The van der Waals surface area contributed by atoms with Crippen molar-refractivity contribution in [1.29, 1.82) is 0 Å². The molecular weight excluding hydrogens is 302 g/mol. The molecule has 10 heteroatoms. The first kappa shape index (κ1) is 19.6. The number of rotatable bonds is 8. The van der Waals surface area contributed by atoms with Crippen molar-refractivity contribution in [3.63, 3.8) is 0 Å². The van der Waals surface area contributed by atoms with Gasteiger partial charge < -0.3 is 20.8 Å². The van der Waals surface area contributed by atoms with Crippen molar-refractivity contribution in [2.75, 3.05) is 19.3 Å². The van der Waals surface area contributed by atoms with Gasteiger partial charge in [-0.25, -0.2) is 17.9 Å². The summed E-state index contributed by atoms with van der Waals surface area (Å²) in [5.74, 6) is -1.18. The molecule has 5 N–H and O–H groups in total. The second-order valence-corrected chi connectivity index (χ2v) is 7.61. The molecule has 0 aromatic carbocycles. The zero-order chi connectivity index (χ0) is 16.9. The van der Waals surface area contributed by atoms with Crippen LogP contribution in [-0.2, 0) is 14.8 Å². The van der Waals surface area contributed by atoms with Crippen molar-refractivity contribution in [2.45, 2.75) is 38.3 Å². The second kappa shape index (κ2) is 7.05. The molecule has 124 valence electrons. The molecule has 0 spiro atoms. The third-order valence-corrected chi connectivity index (χ3v) is 3.24. The molecule has 0 saturated heterocycles. The van der Waals surface area contributed by atoms with Crippen LogP contribution in [0.4, 0.5) is 4.79 Å². The number of amides is 2. The van der Waals surface area contributed by atoms with E-state index < -0.39 is 39.6 Å². The lowest BCUT2D eigenvalue weighted by molar-refractivity contribution is -0.141. The fraction of sp³-hybridized carbons (Fsp3) is 0.818. The Morgan fingerprint density at radius 2 is 1.57 bits per heavy atom. The van der Waals surface area contributed by atoms with Gasteiger partial charge in [0.05, 0.1) is 18.3 Å². The fourth-order valence-corrected chi connectivity index (χ4v) is 2.64. The van der Waals surface area contributed by atoms with E-state index in [-0.39, 0.29) is 13.1 Å². The summed E-state index contributed by atoms with van der Waals surface area (Å²) >= 11 is 0. The lowest BCUT2D eigenvalue weighted by Crippen LogP contribution is -2.53. The maximum absolute atomic E-state index is 11.5. The topological polar surface area (TPSA) is 145 Å². The molecule has 2 amide bonds. The minimum absolute atomic E-state index is 0.0208. The highest BCUT2D eigenvalue weighted by Gasteiger charge is 2.26. The molecule has 0 heterocycles. The summed E-state index contributed by atoms with van der Waals surface area (Å²) < 4.78 is 24.6. The summed E-state index contributed by atoms with van der Waals surface area (Å²) in [7, 11) is -3.41. The standard InChI is InChI=1S/C11H23N3O6S/c1-10(2,14-21(4,19)20)6-12-9(17)13-7-11(3,18)5-8(15)16/h14,18H,5-7H2,1-4H3,(H,15,16)(H2,12,13,17). The Bertz CT molecular complexity index is 486. The van der Waals surface area contributed by atoms with Crippen molar-refractivity contribution < 1.29 is 28.2 Å². The van der Waals surface area contributed by atoms with Gasteiger partial charge in [0.2, 0.25) is 10.0 Å². The van der Waals surface area contributed by atoms with Crippen LogP contribution in [0.5, 0.6) is 0 Å². The van der Waals surface area contributed by atoms with Crippen molar-refractivity contribution >= 4 is 22.0 Å². The number of sulfonamides is 1. The second-order valence-electron chi connectivity index (χ2n) is 5.86. The fourth-order valence-electron chi connectivity index (χ4n) is 1.56. The molecule has 0 aliphatic heterocycles. The average Bonchev–Trinajstić information content (AvgIpc) is 2.18. The number of carboxylic acid groups (broad SMARTS) is 1. The minimum Gasteiger partial charge on any atom is -0.481 e. The van der Waals surface area contributed by atoms with Crippen molar-refractivity contribution in [3.8, 4) is 0 Å². The summed E-state index contributed by atoms with van der Waals surface area (Å²) in [5, 5.41) is 23.0. The van der Waals surface area contributed by atoms with Crippen LogP contribution in [0.25, 0.3) is 0 Å². The smallest absolute Gasteiger partial charge is 0.314 e. The van der Waals surface area contributed by atoms with Crippen LogP contribution in [0.3, 0.4) is 0 Å². The van der Waals surface area contributed by atoms with Crippen LogP contribution in [-0.4, -0.2) is 61.1 Å². The molecule has 0 aliphatic rings. The zero-order valence-corrected chi connectivity index (χ0v) is 13.4. The first-order chi connectivity index (χ1) is 9.22. The Morgan fingerprint density at radius 1 is 1.10 bits per heavy atom. The Kier molecular flexibility index (Phi) is 6.58. The highest BCUT2D eigenvalue weighted by Crippen LogP contribution is 2.07. The SMILES string of the molecule is CC(O)(CNC(=O)NCC(C)(C)NS(C)(=O)=O)CC(=O)O. The monoisotopic (exact) mass is 325 g/mol. The molecule has 21 heavy (non-hydrogen) atoms. The van der Waals surface area contributed by atoms with Gasteiger partial charge in [-0.2, -0.15) is 0 Å². The first-order valence-corrected chi connectivity index (χ1v) is 8.06. The summed E-state index contributed by atoms with van der Waals surface area (Å²) in [6.45, 7) is 4.25. The van der Waals surface area contributed by atoms with E-state index in [1.807, 2.05) is 0 Å². The molecule has 9 nitrogen and oxygen atoms in total. The van der Waals surface area contributed by atoms with Crippen molar-refractivity contribution in [3.05, 3.63) is 0 Å². The van der Waals surface area contributed by atoms with Gasteiger partial charge in [-0.1, -0.05) is 0 Å². The number of hydrogen-bond donors (Lipinski definition) is 5. The molecule has 0 aromatic heterocycles. The molecular formula is C11H23N3O6S. The highest BCUT2D eigenvalue weighted by atomic mass is 32.2. The zero-order valence-electron chi connectivity index (χ0n) is 12.6. The van der Waals surface area contributed by atoms with Crippen LogP contribution in [0, 0.1) is 0 Å². The van der Waals surface area contributed by atoms with Gasteiger partial charge >= 0.3 is 12.0 Å². The van der Waals surface area contributed by atoms with Gasteiger partial charge in [0.1, 0.15) is 0 Å². The third kappa shape index (κ3) is 11.0. The third-order valence-electron chi connectivity index (χ3n) is 2.31. The number of urea groups is 1. The van der Waals surface area contributed by atoms with E-state index in [0.29, 0.717) is 0 Å². The van der Waals surface area contributed by atoms with Gasteiger partial charge in [-0.3, -0.25) is 4.79 Å². The number of carbonyl (C=O) groups excluding carboxylic acids is 1. The van der Waals surface area contributed by atoms with E-state index in [4.69, 9.17) is 5.11 Å². The predicted molar refractivity (Wildman–Crippen MR) is 76.3 cm³/mol. The van der Waals surface area contributed by atoms with E-state index in [2.05, 4.69) is 15.4 Å². The molecule has 0 saturated carbocycles. The summed E-state index contributed by atoms with van der Waals surface area (Å²) in [6, 6.07) is -0.635. The molecule has 1 atom stereocenters. The number of hydrogen-bond acceptors (Lipinski definition) is 5. The van der Waals surface area contributed by atoms with Crippen LogP contribution >= 0.6 is 0 Å². The van der Waals surface area contributed by atoms with E-state index in [9.17, 15) is 23.1 Å². The largest absolute Gasteiger partial charge is 0.481 e. The van der Waals surface area contributed by atoms with E-state index >= 15 is 0 Å². The molecule has 0 rings (SSSR count). The predicted octanol–water partition coefficient (Wildman–Crippen LogP) is -1.16. The lowest BCUT2D eigenvalue weighted by Gasteiger charge is -2.26. The normalized spacial score (nSPS) is 15.1. The number of carboxylic acids is 1. The van der Waals surface area contributed by atoms with Gasteiger partial charge in [0.15, 0.2) is 0 Å². The summed E-state index contributed by atoms with van der Waals surface area (Å²) in [6.07, 6.45) is 0.506. The Balaban J connectivity index is 4.25. The lowest BCUT2D eigenvalue weighted by atomic mass is 10.0. The summed E-state index contributed by atoms with van der Waals surface area (Å²) in [5.41, 5.74) is -2.45. The maximum atomic E-state index is 11.5. The molecule has 0 aliphatic carbocycles. The van der Waals surface area contributed by atoms with Crippen molar-refractivity contribution in [1.82, 2.24) is 15.4 Å². The van der Waals surface area contributed by atoms with Crippen LogP contribution in [0.1, 0.15) is 27.2 Å². The molecule has 1 unspecified atom stereocenters. The van der Waals surface area contributed by atoms with Crippen molar-refractivity contribution in [2.24, 2.45) is 0 Å². The van der Waals surface area contributed by atoms with Gasteiger partial charge in [-0.05, 0) is 20.8 Å². The quantitative estimate of drug-likeness (QED) is 0.380. The Hall–Kier alpha value is -1.39. The van der Waals surface area contributed by atoms with Crippen LogP contribution < -0.4 is 15.4 Å². The number of carbonyl (C=O) groups is 2. The molecule has 0 aromatic rings. The van der Waals surface area contributed by atoms with Gasteiger partial charge in [0, 0.05) is 18.6 Å². The Morgan fingerprint density at radius 3 is 2.00 bits per heavy atom. The van der Waals surface area contributed by atoms with Gasteiger partial charge in [0.25, 0.3) is 0 Å². The van der Waals surface area contributed by atoms with E-state index in [1.54, 1.807) is 13.8 Å². The number of aliphatic hydroxyl groups is 1. The average molecular weight is 325 g/mol. The molecule has 0 fully saturated rings. The first-order valence-electron chi connectivity index (χ1n) is 6.17. The maximum Gasteiger partial charge on any atom is 0.314 e. The van der Waals surface area contributed by atoms with Crippen LogP contribution in [0.2, 0.25) is 0 Å². The van der Waals surface area contributed by atoms with E-state index in [1.165, 1.54) is 6.92 Å². The highest BCUT2D eigenvalue weighted by molar-refractivity contribution is 7.88. The number of aliphatic carboxylic acids is 1. The van der Waals surface area contributed by atoms with Crippen LogP contribution in [0.15, 0.2) is 0 Å². The Labute approximate surface area is 124 Å². The minimum atomic E-state index is -3.41. The van der Waals surface area contributed by atoms with Gasteiger partial charge in [-0.15, -0.1) is 0 Å².